The number of carbonyl (C=O) groups is 2. The number of Topliss-reactive ketones (excluding diaryl/α,β-unsaturated/α-hetero) is 1. The molecule has 1 aliphatic heterocycles. The van der Waals surface area contributed by atoms with E-state index < -0.39 is 22.7 Å². The Bertz CT molecular complexity index is 659. The van der Waals surface area contributed by atoms with Crippen LogP contribution in [0.1, 0.15) is 66.2 Å². The van der Waals surface area contributed by atoms with E-state index in [4.69, 9.17) is 9.47 Å². The third-order valence-electron chi connectivity index (χ3n) is 8.64. The molecule has 146 valence electrons. The molecule has 3 aliphatic carbocycles. The zero-order valence-corrected chi connectivity index (χ0v) is 16.6. The van der Waals surface area contributed by atoms with Crippen molar-refractivity contribution in [2.75, 3.05) is 7.11 Å². The summed E-state index contributed by atoms with van der Waals surface area (Å²) in [5.74, 6) is 0.0633. The highest BCUT2D eigenvalue weighted by Gasteiger charge is 2.88. The van der Waals surface area contributed by atoms with Gasteiger partial charge in [0.25, 0.3) is 0 Å². The number of rotatable bonds is 2. The number of aliphatic hydroxyl groups is 1. The predicted octanol–water partition coefficient (Wildman–Crippen LogP) is 2.88. The summed E-state index contributed by atoms with van der Waals surface area (Å²) in [5, 5.41) is 11.1. The van der Waals surface area contributed by atoms with Gasteiger partial charge in [0.2, 0.25) is 0 Å². The van der Waals surface area contributed by atoms with Gasteiger partial charge in [0, 0.05) is 11.3 Å². The van der Waals surface area contributed by atoms with Crippen molar-refractivity contribution < 1.29 is 24.2 Å². The molecule has 4 aliphatic rings. The average molecular weight is 364 g/mol. The summed E-state index contributed by atoms with van der Waals surface area (Å²) in [6, 6.07) is 0. The van der Waals surface area contributed by atoms with E-state index in [1.165, 1.54) is 7.11 Å². The molecule has 7 atom stereocenters. The molecule has 0 spiro atoms. The van der Waals surface area contributed by atoms with Crippen LogP contribution in [0.25, 0.3) is 0 Å². The van der Waals surface area contributed by atoms with Crippen LogP contribution < -0.4 is 0 Å². The first-order chi connectivity index (χ1) is 12.1. The van der Waals surface area contributed by atoms with Gasteiger partial charge in [-0.2, -0.15) is 0 Å². The minimum atomic E-state index is -1.04. The summed E-state index contributed by atoms with van der Waals surface area (Å²) in [4.78, 5) is 26.0. The molecule has 5 heteroatoms. The smallest absolute Gasteiger partial charge is 0.311 e. The fourth-order valence-electron chi connectivity index (χ4n) is 7.21. The topological polar surface area (TPSA) is 76.1 Å². The first-order valence-corrected chi connectivity index (χ1v) is 10.1. The molecule has 4 rings (SSSR count). The molecule has 0 aromatic carbocycles. The van der Waals surface area contributed by atoms with Gasteiger partial charge in [-0.25, -0.2) is 0 Å². The molecule has 1 saturated heterocycles. The van der Waals surface area contributed by atoms with Crippen LogP contribution in [0.4, 0.5) is 0 Å². The predicted molar refractivity (Wildman–Crippen MR) is 95.3 cm³/mol. The van der Waals surface area contributed by atoms with Crippen LogP contribution in [0, 0.1) is 28.6 Å². The van der Waals surface area contributed by atoms with Crippen molar-refractivity contribution in [3.8, 4) is 0 Å². The zero-order chi connectivity index (χ0) is 19.1. The lowest BCUT2D eigenvalue weighted by molar-refractivity contribution is -0.176. The van der Waals surface area contributed by atoms with Crippen molar-refractivity contribution in [2.45, 2.75) is 83.5 Å². The Balaban J connectivity index is 1.78. The minimum Gasteiger partial charge on any atom is -0.469 e. The molecule has 5 nitrogen and oxygen atoms in total. The summed E-state index contributed by atoms with van der Waals surface area (Å²) < 4.78 is 11.5. The molecule has 0 unspecified atom stereocenters. The number of ether oxygens (including phenoxy) is 2. The fourth-order valence-corrected chi connectivity index (χ4v) is 7.21. The number of hydrogen-bond acceptors (Lipinski definition) is 5. The Morgan fingerprint density at radius 2 is 1.96 bits per heavy atom. The Labute approximate surface area is 155 Å². The maximum Gasteiger partial charge on any atom is 0.311 e. The van der Waals surface area contributed by atoms with E-state index in [0.29, 0.717) is 6.42 Å². The Morgan fingerprint density at radius 3 is 2.58 bits per heavy atom. The number of epoxide rings is 1. The molecule has 0 aromatic heterocycles. The molecule has 26 heavy (non-hydrogen) atoms. The molecule has 0 radical (unpaired) electrons. The Morgan fingerprint density at radius 1 is 1.27 bits per heavy atom. The molecular formula is C21H32O5. The molecule has 3 saturated carbocycles. The van der Waals surface area contributed by atoms with Gasteiger partial charge in [-0.1, -0.05) is 27.2 Å². The number of fused-ring (bicyclic) bond motifs is 1. The molecule has 0 amide bonds. The lowest BCUT2D eigenvalue weighted by Gasteiger charge is -2.58. The molecule has 0 bridgehead atoms. The van der Waals surface area contributed by atoms with Crippen molar-refractivity contribution >= 4 is 11.8 Å². The zero-order valence-electron chi connectivity index (χ0n) is 16.6. The lowest BCUT2D eigenvalue weighted by atomic mass is 9.43. The molecular weight excluding hydrogens is 332 g/mol. The van der Waals surface area contributed by atoms with Crippen LogP contribution >= 0.6 is 0 Å². The quantitative estimate of drug-likeness (QED) is 0.602. The van der Waals surface area contributed by atoms with Crippen LogP contribution in [-0.4, -0.2) is 41.3 Å². The van der Waals surface area contributed by atoms with Gasteiger partial charge >= 0.3 is 5.97 Å². The standard InChI is InChI=1S/C21H32O5/c1-12(2)13-7-10-20-19(4)9-6-8-18(3,17(24)25-5)14(19)11-15(22)21(20,26-20)16(13)23/h12-15,22H,6-11H2,1-5H3/t13-,14+,15-,18-,19+,20+,21+/m1/s1. The summed E-state index contributed by atoms with van der Waals surface area (Å²) in [5.41, 5.74) is -2.57. The normalized spacial score (nSPS) is 52.7. The van der Waals surface area contributed by atoms with E-state index >= 15 is 0 Å². The van der Waals surface area contributed by atoms with Gasteiger partial charge in [0.1, 0.15) is 5.60 Å². The number of esters is 1. The Kier molecular flexibility index (Phi) is 3.77. The summed E-state index contributed by atoms with van der Waals surface area (Å²) in [7, 11) is 1.44. The van der Waals surface area contributed by atoms with Gasteiger partial charge in [-0.15, -0.1) is 0 Å². The maximum absolute atomic E-state index is 13.4. The van der Waals surface area contributed by atoms with E-state index in [9.17, 15) is 14.7 Å². The van der Waals surface area contributed by atoms with E-state index in [-0.39, 0.29) is 34.9 Å². The average Bonchev–Trinajstić information content (AvgIpc) is 3.31. The van der Waals surface area contributed by atoms with Crippen LogP contribution in [-0.2, 0) is 19.1 Å². The lowest BCUT2D eigenvalue weighted by Crippen LogP contribution is -2.66. The highest BCUT2D eigenvalue weighted by atomic mass is 16.7. The SMILES string of the molecule is COC(=O)[C@]1(C)CCC[C@@]2(C)[C@H]1C[C@@H](O)[C@@]13O[C@@]21CC[C@H](C(C)C)C3=O. The number of methoxy groups -OCH3 is 1. The van der Waals surface area contributed by atoms with Crippen LogP contribution in [0.15, 0.2) is 0 Å². The highest BCUT2D eigenvalue weighted by molar-refractivity contribution is 5.96. The number of ketones is 1. The van der Waals surface area contributed by atoms with Crippen molar-refractivity contribution in [1.82, 2.24) is 0 Å². The third kappa shape index (κ3) is 1.80. The number of hydrogen-bond donors (Lipinski definition) is 1. The summed E-state index contributed by atoms with van der Waals surface area (Å²) in [6.07, 6.45) is 3.80. The maximum atomic E-state index is 13.4. The molecule has 1 N–H and O–H groups in total. The number of aliphatic hydroxyl groups excluding tert-OH is 1. The van der Waals surface area contributed by atoms with Crippen LogP contribution in [0.2, 0.25) is 0 Å². The van der Waals surface area contributed by atoms with Crippen LogP contribution in [0.5, 0.6) is 0 Å². The summed E-state index contributed by atoms with van der Waals surface area (Å²) in [6.45, 7) is 8.31. The van der Waals surface area contributed by atoms with Gasteiger partial charge in [-0.3, -0.25) is 9.59 Å². The summed E-state index contributed by atoms with van der Waals surface area (Å²) >= 11 is 0. The second-order valence-electron chi connectivity index (χ2n) is 9.90. The van der Waals surface area contributed by atoms with Gasteiger partial charge in [-0.05, 0) is 50.9 Å². The van der Waals surface area contributed by atoms with E-state index in [1.807, 2.05) is 6.92 Å². The highest BCUT2D eigenvalue weighted by Crippen LogP contribution is 2.76. The first kappa shape index (κ1) is 18.4. The van der Waals surface area contributed by atoms with Gasteiger partial charge < -0.3 is 14.6 Å². The monoisotopic (exact) mass is 364 g/mol. The van der Waals surface area contributed by atoms with Gasteiger partial charge in [0.05, 0.1) is 18.6 Å². The first-order valence-electron chi connectivity index (χ1n) is 10.1. The second kappa shape index (κ2) is 5.32. The molecule has 1 heterocycles. The van der Waals surface area contributed by atoms with E-state index in [0.717, 1.165) is 32.1 Å². The molecule has 4 fully saturated rings. The number of carbonyl (C=O) groups excluding carboxylic acids is 2. The third-order valence-corrected chi connectivity index (χ3v) is 8.64. The second-order valence-corrected chi connectivity index (χ2v) is 9.90. The Hall–Kier alpha value is -0.940. The van der Waals surface area contributed by atoms with Crippen molar-refractivity contribution in [1.29, 1.82) is 0 Å². The minimum absolute atomic E-state index is 0.0368. The van der Waals surface area contributed by atoms with E-state index in [1.54, 1.807) is 0 Å². The molecule has 0 aromatic rings. The van der Waals surface area contributed by atoms with E-state index in [2.05, 4.69) is 20.8 Å². The van der Waals surface area contributed by atoms with Crippen molar-refractivity contribution in [3.05, 3.63) is 0 Å². The van der Waals surface area contributed by atoms with Gasteiger partial charge in [0.15, 0.2) is 11.4 Å². The van der Waals surface area contributed by atoms with Crippen molar-refractivity contribution in [2.24, 2.45) is 28.6 Å². The largest absolute Gasteiger partial charge is 0.469 e. The fraction of sp³-hybridized carbons (Fsp3) is 0.905. The van der Waals surface area contributed by atoms with Crippen molar-refractivity contribution in [3.63, 3.8) is 0 Å². The van der Waals surface area contributed by atoms with Crippen LogP contribution in [0.3, 0.4) is 0 Å².